The van der Waals surface area contributed by atoms with Gasteiger partial charge in [0, 0.05) is 16.5 Å². The van der Waals surface area contributed by atoms with Gasteiger partial charge in [-0.05, 0) is 36.2 Å². The predicted molar refractivity (Wildman–Crippen MR) is 118 cm³/mol. The second-order valence-electron chi connectivity index (χ2n) is 6.74. The topological polar surface area (TPSA) is 39.2 Å². The molecule has 4 aromatic rings. The Labute approximate surface area is 178 Å². The molecule has 30 heavy (non-hydrogen) atoms. The van der Waals surface area contributed by atoms with E-state index in [1.165, 1.54) is 24.0 Å². The molecule has 0 bridgehead atoms. The summed E-state index contributed by atoms with van der Waals surface area (Å²) in [4.78, 5) is 16.8. The first-order valence-corrected chi connectivity index (χ1v) is 10.6. The summed E-state index contributed by atoms with van der Waals surface area (Å²) >= 11 is 1.45. The van der Waals surface area contributed by atoms with Crippen LogP contribution in [0, 0.1) is 5.82 Å². The van der Waals surface area contributed by atoms with Crippen LogP contribution in [-0.2, 0) is 4.74 Å². The van der Waals surface area contributed by atoms with Gasteiger partial charge in [-0.25, -0.2) is 9.18 Å². The van der Waals surface area contributed by atoms with Crippen molar-refractivity contribution in [3.63, 3.8) is 0 Å². The SMILES string of the molecule is CCOC(=O)c1cnc2cc(SC(c3ccccc3)c3ccccc3)c(F)cc2c1. The van der Waals surface area contributed by atoms with Crippen molar-refractivity contribution in [1.29, 1.82) is 0 Å². The molecule has 0 radical (unpaired) electrons. The number of aromatic nitrogens is 1. The average molecular weight is 418 g/mol. The van der Waals surface area contributed by atoms with Gasteiger partial charge in [-0.2, -0.15) is 0 Å². The number of rotatable bonds is 6. The molecule has 0 N–H and O–H groups in total. The molecule has 0 aliphatic carbocycles. The second-order valence-corrected chi connectivity index (χ2v) is 7.89. The zero-order valence-corrected chi connectivity index (χ0v) is 17.2. The van der Waals surface area contributed by atoms with Gasteiger partial charge in [0.05, 0.1) is 22.9 Å². The predicted octanol–water partition coefficient (Wildman–Crippen LogP) is 6.43. The van der Waals surface area contributed by atoms with Gasteiger partial charge in [0.25, 0.3) is 0 Å². The van der Waals surface area contributed by atoms with Crippen molar-refractivity contribution in [3.05, 3.63) is 108 Å². The zero-order valence-electron chi connectivity index (χ0n) is 16.4. The van der Waals surface area contributed by atoms with Gasteiger partial charge in [0.1, 0.15) is 5.82 Å². The monoisotopic (exact) mass is 417 g/mol. The molecular weight excluding hydrogens is 397 g/mol. The molecule has 1 heterocycles. The Morgan fingerprint density at radius 3 is 2.23 bits per heavy atom. The van der Waals surface area contributed by atoms with Crippen LogP contribution in [0.3, 0.4) is 0 Å². The van der Waals surface area contributed by atoms with E-state index >= 15 is 4.39 Å². The number of esters is 1. The van der Waals surface area contributed by atoms with E-state index in [1.54, 1.807) is 19.1 Å². The Bertz CT molecular complexity index is 1130. The standard InChI is InChI=1S/C25H20FNO2S/c1-2-29-25(28)20-13-19-14-21(26)23(15-22(19)27-16-20)30-24(17-9-5-3-6-10-17)18-11-7-4-8-12-18/h3-16,24H,2H2,1H3. The quantitative estimate of drug-likeness (QED) is 0.268. The van der Waals surface area contributed by atoms with E-state index in [0.717, 1.165) is 11.1 Å². The number of hydrogen-bond donors (Lipinski definition) is 0. The van der Waals surface area contributed by atoms with Crippen LogP contribution >= 0.6 is 11.8 Å². The minimum atomic E-state index is -0.459. The van der Waals surface area contributed by atoms with E-state index in [1.807, 2.05) is 60.7 Å². The summed E-state index contributed by atoms with van der Waals surface area (Å²) in [6.07, 6.45) is 1.47. The van der Waals surface area contributed by atoms with Gasteiger partial charge in [-0.3, -0.25) is 4.98 Å². The average Bonchev–Trinajstić information content (AvgIpc) is 2.78. The first kappa shape index (κ1) is 20.1. The molecule has 0 spiro atoms. The van der Waals surface area contributed by atoms with Crippen LogP contribution in [0.2, 0.25) is 0 Å². The number of thioether (sulfide) groups is 1. The molecule has 0 atom stereocenters. The minimum absolute atomic E-state index is 0.0573. The number of nitrogens with zero attached hydrogens (tertiary/aromatic N) is 1. The lowest BCUT2D eigenvalue weighted by Gasteiger charge is -2.18. The Balaban J connectivity index is 1.71. The van der Waals surface area contributed by atoms with E-state index in [2.05, 4.69) is 4.98 Å². The van der Waals surface area contributed by atoms with Crippen molar-refractivity contribution in [3.8, 4) is 0 Å². The molecule has 0 unspecified atom stereocenters. The fourth-order valence-electron chi connectivity index (χ4n) is 3.26. The number of carbonyl (C=O) groups is 1. The van der Waals surface area contributed by atoms with Crippen molar-refractivity contribution in [2.24, 2.45) is 0 Å². The third-order valence-electron chi connectivity index (χ3n) is 4.70. The van der Waals surface area contributed by atoms with E-state index < -0.39 is 5.97 Å². The summed E-state index contributed by atoms with van der Waals surface area (Å²) in [7, 11) is 0. The van der Waals surface area contributed by atoms with E-state index in [4.69, 9.17) is 4.74 Å². The maximum atomic E-state index is 15.0. The Kier molecular flexibility index (Phi) is 6.10. The fraction of sp³-hybridized carbons (Fsp3) is 0.120. The molecule has 0 amide bonds. The van der Waals surface area contributed by atoms with Crippen molar-refractivity contribution < 1.29 is 13.9 Å². The first-order chi connectivity index (χ1) is 14.7. The van der Waals surface area contributed by atoms with Gasteiger partial charge >= 0.3 is 5.97 Å². The van der Waals surface area contributed by atoms with Crippen molar-refractivity contribution in [1.82, 2.24) is 4.98 Å². The van der Waals surface area contributed by atoms with Crippen LogP contribution in [0.5, 0.6) is 0 Å². The molecule has 5 heteroatoms. The van der Waals surface area contributed by atoms with Crippen LogP contribution in [0.4, 0.5) is 4.39 Å². The lowest BCUT2D eigenvalue weighted by molar-refractivity contribution is 0.0526. The Hall–Kier alpha value is -3.18. The molecule has 3 nitrogen and oxygen atoms in total. The number of halogens is 1. The number of pyridine rings is 1. The van der Waals surface area contributed by atoms with Gasteiger partial charge in [0.2, 0.25) is 0 Å². The first-order valence-electron chi connectivity index (χ1n) is 9.68. The van der Waals surface area contributed by atoms with Gasteiger partial charge in [-0.15, -0.1) is 11.8 Å². The number of hydrogen-bond acceptors (Lipinski definition) is 4. The molecule has 0 aliphatic heterocycles. The van der Waals surface area contributed by atoms with Crippen LogP contribution in [0.25, 0.3) is 10.9 Å². The molecule has 0 saturated heterocycles. The molecule has 4 rings (SSSR count). The number of fused-ring (bicyclic) bond motifs is 1. The summed E-state index contributed by atoms with van der Waals surface area (Å²) < 4.78 is 20.0. The van der Waals surface area contributed by atoms with Crippen molar-refractivity contribution in [2.45, 2.75) is 17.1 Å². The highest BCUT2D eigenvalue weighted by Crippen LogP contribution is 2.42. The van der Waals surface area contributed by atoms with Crippen molar-refractivity contribution >= 4 is 28.6 Å². The summed E-state index contributed by atoms with van der Waals surface area (Å²) in [6.45, 7) is 2.02. The van der Waals surface area contributed by atoms with E-state index in [0.29, 0.717) is 21.4 Å². The summed E-state index contributed by atoms with van der Waals surface area (Å²) in [6, 6.07) is 24.9. The zero-order chi connectivity index (χ0) is 20.9. The molecule has 150 valence electrons. The fourth-order valence-corrected chi connectivity index (χ4v) is 4.45. The lowest BCUT2D eigenvalue weighted by Crippen LogP contribution is -2.05. The summed E-state index contributed by atoms with van der Waals surface area (Å²) in [5.41, 5.74) is 3.14. The van der Waals surface area contributed by atoms with Crippen molar-refractivity contribution in [2.75, 3.05) is 6.61 Å². The third kappa shape index (κ3) is 4.36. The van der Waals surface area contributed by atoms with Crippen LogP contribution in [0.15, 0.2) is 90.0 Å². The maximum absolute atomic E-state index is 15.0. The summed E-state index contributed by atoms with van der Waals surface area (Å²) in [5.74, 6) is -0.800. The van der Waals surface area contributed by atoms with Gasteiger partial charge in [-0.1, -0.05) is 60.7 Å². The normalized spacial score (nSPS) is 11.0. The highest BCUT2D eigenvalue weighted by Gasteiger charge is 2.19. The highest BCUT2D eigenvalue weighted by atomic mass is 32.2. The lowest BCUT2D eigenvalue weighted by atomic mass is 10.0. The maximum Gasteiger partial charge on any atom is 0.339 e. The van der Waals surface area contributed by atoms with Crippen LogP contribution in [0.1, 0.15) is 33.7 Å². The third-order valence-corrected chi connectivity index (χ3v) is 6.04. The Morgan fingerprint density at radius 2 is 1.63 bits per heavy atom. The molecule has 3 aromatic carbocycles. The van der Waals surface area contributed by atoms with E-state index in [-0.39, 0.29) is 17.7 Å². The molecule has 1 aromatic heterocycles. The van der Waals surface area contributed by atoms with E-state index in [9.17, 15) is 4.79 Å². The molecule has 0 saturated carbocycles. The van der Waals surface area contributed by atoms with Gasteiger partial charge < -0.3 is 4.74 Å². The second kappa shape index (κ2) is 9.09. The minimum Gasteiger partial charge on any atom is -0.462 e. The Morgan fingerprint density at radius 1 is 1.00 bits per heavy atom. The smallest absolute Gasteiger partial charge is 0.339 e. The molecule has 0 fully saturated rings. The number of carbonyl (C=O) groups excluding carboxylic acids is 1. The van der Waals surface area contributed by atoms with Crippen LogP contribution < -0.4 is 0 Å². The molecule has 0 aliphatic rings. The van der Waals surface area contributed by atoms with Gasteiger partial charge in [0.15, 0.2) is 0 Å². The highest BCUT2D eigenvalue weighted by molar-refractivity contribution is 7.99. The number of benzene rings is 3. The molecular formula is C25H20FNO2S. The van der Waals surface area contributed by atoms with Crippen LogP contribution in [-0.4, -0.2) is 17.6 Å². The number of ether oxygens (including phenoxy) is 1. The summed E-state index contributed by atoms with van der Waals surface area (Å²) in [5, 5.41) is 0.511. The largest absolute Gasteiger partial charge is 0.462 e.